The van der Waals surface area contributed by atoms with E-state index >= 15 is 0 Å². The van der Waals surface area contributed by atoms with Gasteiger partial charge in [0.15, 0.2) is 0 Å². The summed E-state index contributed by atoms with van der Waals surface area (Å²) >= 11 is 0. The van der Waals surface area contributed by atoms with Crippen LogP contribution in [0.25, 0.3) is 0 Å². The molecule has 104 valence electrons. The highest BCUT2D eigenvalue weighted by atomic mass is 16.5. The third-order valence-corrected chi connectivity index (χ3v) is 4.49. The highest BCUT2D eigenvalue weighted by Crippen LogP contribution is 2.30. The Kier molecular flexibility index (Phi) is 5.01. The second-order valence-corrected chi connectivity index (χ2v) is 5.82. The SMILES string of the molecule is COCC1(C(=O)NCC2CCCC2)CCNCC1. The van der Waals surface area contributed by atoms with Crippen LogP contribution < -0.4 is 10.6 Å². The second-order valence-electron chi connectivity index (χ2n) is 5.82. The van der Waals surface area contributed by atoms with Crippen LogP contribution in [0.1, 0.15) is 38.5 Å². The van der Waals surface area contributed by atoms with E-state index in [9.17, 15) is 4.79 Å². The molecular formula is C14H26N2O2. The van der Waals surface area contributed by atoms with Gasteiger partial charge in [-0.3, -0.25) is 4.79 Å². The Hall–Kier alpha value is -0.610. The van der Waals surface area contributed by atoms with Crippen LogP contribution in [0.4, 0.5) is 0 Å². The lowest BCUT2D eigenvalue weighted by molar-refractivity contribution is -0.136. The Morgan fingerprint density at radius 2 is 2.00 bits per heavy atom. The van der Waals surface area contributed by atoms with Crippen LogP contribution in [0.2, 0.25) is 0 Å². The Balaban J connectivity index is 1.86. The summed E-state index contributed by atoms with van der Waals surface area (Å²) in [6.07, 6.45) is 6.98. The van der Waals surface area contributed by atoms with Gasteiger partial charge in [-0.1, -0.05) is 12.8 Å². The van der Waals surface area contributed by atoms with E-state index < -0.39 is 0 Å². The molecule has 18 heavy (non-hydrogen) atoms. The molecule has 2 fully saturated rings. The van der Waals surface area contributed by atoms with Gasteiger partial charge in [0, 0.05) is 13.7 Å². The smallest absolute Gasteiger partial charge is 0.228 e. The molecule has 0 aromatic rings. The van der Waals surface area contributed by atoms with Gasteiger partial charge in [0.05, 0.1) is 12.0 Å². The number of amides is 1. The number of carbonyl (C=O) groups is 1. The summed E-state index contributed by atoms with van der Waals surface area (Å²) in [5, 5.41) is 6.49. The molecule has 1 aliphatic carbocycles. The number of ether oxygens (including phenoxy) is 1. The fraction of sp³-hybridized carbons (Fsp3) is 0.929. The molecule has 1 saturated heterocycles. The van der Waals surface area contributed by atoms with Crippen LogP contribution in [0.15, 0.2) is 0 Å². The quantitative estimate of drug-likeness (QED) is 0.778. The maximum Gasteiger partial charge on any atom is 0.228 e. The maximum atomic E-state index is 12.4. The zero-order valence-corrected chi connectivity index (χ0v) is 11.5. The minimum Gasteiger partial charge on any atom is -0.384 e. The van der Waals surface area contributed by atoms with Gasteiger partial charge in [0.1, 0.15) is 0 Å². The monoisotopic (exact) mass is 254 g/mol. The van der Waals surface area contributed by atoms with E-state index in [0.29, 0.717) is 12.5 Å². The summed E-state index contributed by atoms with van der Waals surface area (Å²) in [5.41, 5.74) is -0.293. The number of carbonyl (C=O) groups excluding carboxylic acids is 1. The first-order valence-electron chi connectivity index (χ1n) is 7.25. The number of hydrogen-bond donors (Lipinski definition) is 2. The van der Waals surface area contributed by atoms with Crippen molar-refractivity contribution in [3.63, 3.8) is 0 Å². The van der Waals surface area contributed by atoms with Gasteiger partial charge in [0.2, 0.25) is 5.91 Å². The third-order valence-electron chi connectivity index (χ3n) is 4.49. The van der Waals surface area contributed by atoms with Crippen molar-refractivity contribution in [3.8, 4) is 0 Å². The molecule has 0 bridgehead atoms. The van der Waals surface area contributed by atoms with Gasteiger partial charge < -0.3 is 15.4 Å². The van der Waals surface area contributed by atoms with Crippen molar-refractivity contribution in [3.05, 3.63) is 0 Å². The van der Waals surface area contributed by atoms with Crippen LogP contribution in [0, 0.1) is 11.3 Å². The summed E-state index contributed by atoms with van der Waals surface area (Å²) in [4.78, 5) is 12.4. The van der Waals surface area contributed by atoms with Gasteiger partial charge in [0.25, 0.3) is 0 Å². The maximum absolute atomic E-state index is 12.4. The van der Waals surface area contributed by atoms with Crippen molar-refractivity contribution in [2.75, 3.05) is 33.4 Å². The van der Waals surface area contributed by atoms with Crippen LogP contribution in [0.3, 0.4) is 0 Å². The standard InChI is InChI=1S/C14H26N2O2/c1-18-11-14(6-8-15-9-7-14)13(17)16-10-12-4-2-3-5-12/h12,15H,2-11H2,1H3,(H,16,17). The molecule has 0 spiro atoms. The predicted octanol–water partition coefficient (Wildman–Crippen LogP) is 1.31. The first-order chi connectivity index (χ1) is 8.77. The molecule has 2 aliphatic rings. The molecule has 1 aliphatic heterocycles. The van der Waals surface area contributed by atoms with Gasteiger partial charge in [-0.15, -0.1) is 0 Å². The number of nitrogens with one attached hydrogen (secondary N) is 2. The molecule has 4 heteroatoms. The fourth-order valence-corrected chi connectivity index (χ4v) is 3.26. The molecular weight excluding hydrogens is 228 g/mol. The first-order valence-corrected chi connectivity index (χ1v) is 7.25. The number of hydrogen-bond acceptors (Lipinski definition) is 3. The average molecular weight is 254 g/mol. The van der Waals surface area contributed by atoms with Crippen molar-refractivity contribution in [1.29, 1.82) is 0 Å². The molecule has 2 rings (SSSR count). The van der Waals surface area contributed by atoms with E-state index in [2.05, 4.69) is 10.6 Å². The zero-order chi connectivity index (χ0) is 12.8. The summed E-state index contributed by atoms with van der Waals surface area (Å²) < 4.78 is 5.29. The minimum absolute atomic E-state index is 0.206. The lowest BCUT2D eigenvalue weighted by Crippen LogP contribution is -2.50. The van der Waals surface area contributed by atoms with Crippen LogP contribution in [-0.4, -0.2) is 39.3 Å². The van der Waals surface area contributed by atoms with E-state index in [4.69, 9.17) is 4.74 Å². The molecule has 2 N–H and O–H groups in total. The van der Waals surface area contributed by atoms with Crippen molar-refractivity contribution < 1.29 is 9.53 Å². The average Bonchev–Trinajstić information content (AvgIpc) is 2.90. The van der Waals surface area contributed by atoms with E-state index in [-0.39, 0.29) is 11.3 Å². The van der Waals surface area contributed by atoms with E-state index in [1.54, 1.807) is 7.11 Å². The molecule has 0 atom stereocenters. The highest BCUT2D eigenvalue weighted by Gasteiger charge is 2.39. The van der Waals surface area contributed by atoms with Crippen molar-refractivity contribution in [2.24, 2.45) is 11.3 Å². The Bertz CT molecular complexity index is 263. The van der Waals surface area contributed by atoms with Crippen LogP contribution in [0.5, 0.6) is 0 Å². The summed E-state index contributed by atoms with van der Waals surface area (Å²) in [6.45, 7) is 3.24. The van der Waals surface area contributed by atoms with Gasteiger partial charge in [-0.05, 0) is 44.7 Å². The third kappa shape index (κ3) is 3.23. The molecule has 0 unspecified atom stereocenters. The molecule has 1 heterocycles. The number of methoxy groups -OCH3 is 1. The molecule has 0 aromatic carbocycles. The lowest BCUT2D eigenvalue weighted by Gasteiger charge is -2.35. The van der Waals surface area contributed by atoms with Crippen molar-refractivity contribution >= 4 is 5.91 Å². The van der Waals surface area contributed by atoms with Gasteiger partial charge in [-0.25, -0.2) is 0 Å². The molecule has 4 nitrogen and oxygen atoms in total. The molecule has 1 amide bonds. The van der Waals surface area contributed by atoms with Gasteiger partial charge in [-0.2, -0.15) is 0 Å². The minimum atomic E-state index is -0.293. The number of rotatable bonds is 5. The Morgan fingerprint density at radius 3 is 2.61 bits per heavy atom. The summed E-state index contributed by atoms with van der Waals surface area (Å²) in [5.74, 6) is 0.910. The first kappa shape index (κ1) is 13.8. The highest BCUT2D eigenvalue weighted by molar-refractivity contribution is 5.83. The van der Waals surface area contributed by atoms with E-state index in [1.807, 2.05) is 0 Å². The Labute approximate surface area is 110 Å². The van der Waals surface area contributed by atoms with Crippen LogP contribution in [-0.2, 0) is 9.53 Å². The normalized spacial score (nSPS) is 24.1. The van der Waals surface area contributed by atoms with Crippen molar-refractivity contribution in [2.45, 2.75) is 38.5 Å². The van der Waals surface area contributed by atoms with Crippen LogP contribution >= 0.6 is 0 Å². The lowest BCUT2D eigenvalue weighted by atomic mass is 9.78. The summed E-state index contributed by atoms with van der Waals surface area (Å²) in [6, 6.07) is 0. The summed E-state index contributed by atoms with van der Waals surface area (Å²) in [7, 11) is 1.69. The second kappa shape index (κ2) is 6.53. The number of piperidine rings is 1. The van der Waals surface area contributed by atoms with Gasteiger partial charge >= 0.3 is 0 Å². The molecule has 0 aromatic heterocycles. The van der Waals surface area contributed by atoms with Crippen molar-refractivity contribution in [1.82, 2.24) is 10.6 Å². The molecule has 1 saturated carbocycles. The topological polar surface area (TPSA) is 50.4 Å². The zero-order valence-electron chi connectivity index (χ0n) is 11.5. The predicted molar refractivity (Wildman–Crippen MR) is 71.4 cm³/mol. The fourth-order valence-electron chi connectivity index (χ4n) is 3.26. The van der Waals surface area contributed by atoms with E-state index in [0.717, 1.165) is 32.5 Å². The Morgan fingerprint density at radius 1 is 1.33 bits per heavy atom. The largest absolute Gasteiger partial charge is 0.384 e. The van der Waals surface area contributed by atoms with E-state index in [1.165, 1.54) is 25.7 Å². The molecule has 0 radical (unpaired) electrons.